The van der Waals surface area contributed by atoms with Crippen molar-refractivity contribution in [2.45, 2.75) is 26.3 Å². The third kappa shape index (κ3) is 2.54. The topological polar surface area (TPSA) is 49.7 Å². The largest absolute Gasteiger partial charge is 0.508 e. The maximum Gasteiger partial charge on any atom is 0.120 e. The van der Waals surface area contributed by atoms with Crippen LogP contribution in [-0.2, 0) is 13.0 Å². The fraction of sp³-hybridized carbons (Fsp3) is 0.400. The number of rotatable bonds is 4. The van der Waals surface area contributed by atoms with Crippen LogP contribution in [0, 0.1) is 4.91 Å². The molecule has 0 aliphatic heterocycles. The molecule has 0 radical (unpaired) electrons. The van der Waals surface area contributed by atoms with Crippen LogP contribution in [0.2, 0.25) is 0 Å². The zero-order valence-electron chi connectivity index (χ0n) is 7.66. The summed E-state index contributed by atoms with van der Waals surface area (Å²) in [6, 6.07) is 5.32. The molecule has 13 heavy (non-hydrogen) atoms. The summed E-state index contributed by atoms with van der Waals surface area (Å²) in [5.74, 6) is 0.152. The molecule has 0 bridgehead atoms. The van der Waals surface area contributed by atoms with E-state index >= 15 is 0 Å². The lowest BCUT2D eigenvalue weighted by atomic mass is 10.1. The lowest BCUT2D eigenvalue weighted by Crippen LogP contribution is -1.87. The minimum absolute atomic E-state index is 0.0450. The summed E-state index contributed by atoms with van der Waals surface area (Å²) in [4.78, 5) is 10.0. The Morgan fingerprint density at radius 3 is 2.85 bits per heavy atom. The van der Waals surface area contributed by atoms with Crippen LogP contribution in [-0.4, -0.2) is 5.11 Å². The van der Waals surface area contributed by atoms with E-state index in [1.54, 1.807) is 6.07 Å². The lowest BCUT2D eigenvalue weighted by Gasteiger charge is -2.03. The van der Waals surface area contributed by atoms with Gasteiger partial charge in [0.05, 0.1) is 0 Å². The highest BCUT2D eigenvalue weighted by molar-refractivity contribution is 5.36. The van der Waals surface area contributed by atoms with E-state index in [9.17, 15) is 10.0 Å². The number of benzene rings is 1. The Morgan fingerprint density at radius 1 is 1.46 bits per heavy atom. The first-order valence-corrected chi connectivity index (χ1v) is 4.37. The highest BCUT2D eigenvalue weighted by atomic mass is 16.3. The molecular formula is C10H13NO2. The minimum atomic E-state index is 0.0450. The Bertz CT molecular complexity index is 297. The van der Waals surface area contributed by atoms with Crippen molar-refractivity contribution >= 4 is 0 Å². The van der Waals surface area contributed by atoms with Gasteiger partial charge in [0.15, 0.2) is 0 Å². The molecule has 0 aliphatic rings. The van der Waals surface area contributed by atoms with E-state index in [-0.39, 0.29) is 12.3 Å². The highest BCUT2D eigenvalue weighted by Gasteiger charge is 2.01. The van der Waals surface area contributed by atoms with E-state index in [0.29, 0.717) is 5.56 Å². The molecule has 0 heterocycles. The number of aryl methyl sites for hydroxylation is 1. The fourth-order valence-corrected chi connectivity index (χ4v) is 1.28. The minimum Gasteiger partial charge on any atom is -0.508 e. The Balaban J connectivity index is 2.89. The van der Waals surface area contributed by atoms with E-state index in [1.165, 1.54) is 0 Å². The molecule has 0 fully saturated rings. The molecule has 0 unspecified atom stereocenters. The van der Waals surface area contributed by atoms with Crippen molar-refractivity contribution in [2.24, 2.45) is 5.18 Å². The van der Waals surface area contributed by atoms with Gasteiger partial charge in [0.25, 0.3) is 0 Å². The molecular weight excluding hydrogens is 166 g/mol. The van der Waals surface area contributed by atoms with Gasteiger partial charge in [-0.05, 0) is 18.1 Å². The maximum absolute atomic E-state index is 10.0. The van der Waals surface area contributed by atoms with E-state index in [4.69, 9.17) is 0 Å². The highest BCUT2D eigenvalue weighted by Crippen LogP contribution is 2.19. The van der Waals surface area contributed by atoms with Crippen LogP contribution < -0.4 is 0 Å². The van der Waals surface area contributed by atoms with Crippen molar-refractivity contribution in [3.63, 3.8) is 0 Å². The molecule has 0 spiro atoms. The Morgan fingerprint density at radius 2 is 2.23 bits per heavy atom. The van der Waals surface area contributed by atoms with Crippen molar-refractivity contribution < 1.29 is 5.11 Å². The van der Waals surface area contributed by atoms with Crippen molar-refractivity contribution in [3.05, 3.63) is 34.2 Å². The number of hydrogen-bond acceptors (Lipinski definition) is 3. The second-order valence-corrected chi connectivity index (χ2v) is 3.00. The summed E-state index contributed by atoms with van der Waals surface area (Å²) in [7, 11) is 0. The average molecular weight is 179 g/mol. The summed E-state index contributed by atoms with van der Waals surface area (Å²) in [6.45, 7) is 2.13. The van der Waals surface area contributed by atoms with Crippen LogP contribution in [0.3, 0.4) is 0 Å². The SMILES string of the molecule is CCCc1ccc(O)c(CN=O)c1. The van der Waals surface area contributed by atoms with E-state index in [0.717, 1.165) is 18.4 Å². The molecule has 3 heteroatoms. The van der Waals surface area contributed by atoms with Crippen LogP contribution in [0.1, 0.15) is 24.5 Å². The predicted molar refractivity (Wildman–Crippen MR) is 51.6 cm³/mol. The summed E-state index contributed by atoms with van der Waals surface area (Å²) < 4.78 is 0. The number of hydrogen-bond donors (Lipinski definition) is 1. The summed E-state index contributed by atoms with van der Waals surface area (Å²) in [5.41, 5.74) is 1.75. The smallest absolute Gasteiger partial charge is 0.120 e. The number of aromatic hydroxyl groups is 1. The third-order valence-electron chi connectivity index (χ3n) is 1.92. The van der Waals surface area contributed by atoms with Crippen LogP contribution in [0.5, 0.6) is 5.75 Å². The molecule has 70 valence electrons. The zero-order valence-corrected chi connectivity index (χ0v) is 7.66. The molecule has 0 aliphatic carbocycles. The quantitative estimate of drug-likeness (QED) is 0.722. The van der Waals surface area contributed by atoms with E-state index in [2.05, 4.69) is 12.1 Å². The Hall–Kier alpha value is -1.38. The maximum atomic E-state index is 10.0. The zero-order chi connectivity index (χ0) is 9.68. The number of phenolic OH excluding ortho intramolecular Hbond substituents is 1. The average Bonchev–Trinajstić information content (AvgIpc) is 2.12. The first-order valence-electron chi connectivity index (χ1n) is 4.37. The van der Waals surface area contributed by atoms with Crippen molar-refractivity contribution in [2.75, 3.05) is 0 Å². The van der Waals surface area contributed by atoms with Crippen molar-refractivity contribution in [3.8, 4) is 5.75 Å². The molecule has 0 saturated carbocycles. The summed E-state index contributed by atoms with van der Waals surface area (Å²) in [5, 5.41) is 12.1. The Labute approximate surface area is 77.4 Å². The third-order valence-corrected chi connectivity index (χ3v) is 1.92. The molecule has 3 nitrogen and oxygen atoms in total. The summed E-state index contributed by atoms with van der Waals surface area (Å²) in [6.07, 6.45) is 2.02. The molecule has 1 rings (SSSR count). The van der Waals surface area contributed by atoms with Crippen molar-refractivity contribution in [1.29, 1.82) is 0 Å². The molecule has 1 aromatic carbocycles. The fourth-order valence-electron chi connectivity index (χ4n) is 1.28. The molecule has 1 aromatic rings. The van der Waals surface area contributed by atoms with Gasteiger partial charge in [0.1, 0.15) is 12.3 Å². The van der Waals surface area contributed by atoms with Crippen molar-refractivity contribution in [1.82, 2.24) is 0 Å². The summed E-state index contributed by atoms with van der Waals surface area (Å²) >= 11 is 0. The number of nitrogens with zero attached hydrogens (tertiary/aromatic N) is 1. The van der Waals surface area contributed by atoms with Gasteiger partial charge in [-0.1, -0.05) is 30.7 Å². The van der Waals surface area contributed by atoms with Gasteiger partial charge in [-0.25, -0.2) is 0 Å². The standard InChI is InChI=1S/C10H13NO2/c1-2-3-8-4-5-10(12)9(6-8)7-11-13/h4-6,12H,2-3,7H2,1H3. The van der Waals surface area contributed by atoms with Crippen LogP contribution in [0.4, 0.5) is 0 Å². The van der Waals surface area contributed by atoms with Crippen LogP contribution >= 0.6 is 0 Å². The molecule has 1 N–H and O–H groups in total. The van der Waals surface area contributed by atoms with Gasteiger partial charge in [-0.3, -0.25) is 0 Å². The van der Waals surface area contributed by atoms with Crippen LogP contribution in [0.15, 0.2) is 23.4 Å². The van der Waals surface area contributed by atoms with Crippen LogP contribution in [0.25, 0.3) is 0 Å². The van der Waals surface area contributed by atoms with Gasteiger partial charge < -0.3 is 5.11 Å². The van der Waals surface area contributed by atoms with Gasteiger partial charge >= 0.3 is 0 Å². The normalized spacial score (nSPS) is 9.92. The number of nitroso groups, excluding NO2 is 1. The van der Waals surface area contributed by atoms with Gasteiger partial charge in [0, 0.05) is 5.56 Å². The molecule has 0 atom stereocenters. The molecule has 0 saturated heterocycles. The predicted octanol–water partition coefficient (Wildman–Crippen LogP) is 2.61. The van der Waals surface area contributed by atoms with Gasteiger partial charge in [0.2, 0.25) is 0 Å². The first kappa shape index (κ1) is 9.71. The first-order chi connectivity index (χ1) is 6.27. The second kappa shape index (κ2) is 4.60. The second-order valence-electron chi connectivity index (χ2n) is 3.00. The van der Waals surface area contributed by atoms with E-state index < -0.39 is 0 Å². The monoisotopic (exact) mass is 179 g/mol. The molecule has 0 aromatic heterocycles. The number of phenols is 1. The lowest BCUT2D eigenvalue weighted by molar-refractivity contribution is 0.468. The van der Waals surface area contributed by atoms with Gasteiger partial charge in [-0.2, -0.15) is 4.91 Å². The Kier molecular flexibility index (Phi) is 3.43. The van der Waals surface area contributed by atoms with E-state index in [1.807, 2.05) is 12.1 Å². The van der Waals surface area contributed by atoms with Gasteiger partial charge in [-0.15, -0.1) is 0 Å². The molecule has 0 amide bonds.